The van der Waals surface area contributed by atoms with E-state index in [0.29, 0.717) is 21.9 Å². The van der Waals surface area contributed by atoms with Crippen LogP contribution in [-0.2, 0) is 20.4 Å². The number of phenolic OH excluding ortho intramolecular Hbond substituents is 1. The van der Waals surface area contributed by atoms with Crippen LogP contribution < -0.4 is 14.8 Å². The maximum atomic E-state index is 14.7. The SMILES string of the molecule is C=C/C=C(/Cl)C/C=C1\C(C)N(S(=O)(=O)c2ccc(OC)cc2O)C(=O)C1(NC(C)C(=C)C)c1ccccc1OC. The average Bonchev–Trinajstić information content (AvgIpc) is 3.13. The van der Waals surface area contributed by atoms with Crippen LogP contribution in [0.25, 0.3) is 0 Å². The van der Waals surface area contributed by atoms with E-state index >= 15 is 0 Å². The van der Waals surface area contributed by atoms with Crippen molar-refractivity contribution in [2.75, 3.05) is 14.2 Å². The van der Waals surface area contributed by atoms with Crippen LogP contribution in [0.3, 0.4) is 0 Å². The first-order valence-corrected chi connectivity index (χ1v) is 14.4. The van der Waals surface area contributed by atoms with Crippen molar-refractivity contribution in [2.45, 2.75) is 49.7 Å². The molecule has 1 amide bonds. The Balaban J connectivity index is 2.39. The molecule has 1 fully saturated rings. The predicted octanol–water partition coefficient (Wildman–Crippen LogP) is 5.40. The van der Waals surface area contributed by atoms with Crippen molar-refractivity contribution in [1.29, 1.82) is 0 Å². The number of carbonyl (C=O) groups excluding carboxylic acids is 1. The molecular weight excluding hydrogens is 552 g/mol. The highest BCUT2D eigenvalue weighted by Gasteiger charge is 2.60. The Kier molecular flexibility index (Phi) is 9.56. The molecule has 214 valence electrons. The molecule has 0 aliphatic carbocycles. The fourth-order valence-corrected chi connectivity index (χ4v) is 6.62. The van der Waals surface area contributed by atoms with Crippen LogP contribution in [0.5, 0.6) is 17.2 Å². The van der Waals surface area contributed by atoms with Gasteiger partial charge in [-0.3, -0.25) is 10.1 Å². The molecule has 0 radical (unpaired) electrons. The van der Waals surface area contributed by atoms with Crippen molar-refractivity contribution >= 4 is 27.5 Å². The van der Waals surface area contributed by atoms with Gasteiger partial charge < -0.3 is 14.6 Å². The second-order valence-corrected chi connectivity index (χ2v) is 11.8. The van der Waals surface area contributed by atoms with Crippen molar-refractivity contribution in [1.82, 2.24) is 9.62 Å². The summed E-state index contributed by atoms with van der Waals surface area (Å²) in [6.45, 7) is 13.0. The Morgan fingerprint density at radius 2 is 1.93 bits per heavy atom. The Morgan fingerprint density at radius 3 is 2.50 bits per heavy atom. The minimum absolute atomic E-state index is 0.211. The second kappa shape index (κ2) is 12.3. The van der Waals surface area contributed by atoms with Gasteiger partial charge >= 0.3 is 0 Å². The van der Waals surface area contributed by atoms with E-state index < -0.39 is 44.2 Å². The average molecular weight is 587 g/mol. The molecule has 3 rings (SSSR count). The van der Waals surface area contributed by atoms with Crippen molar-refractivity contribution in [2.24, 2.45) is 0 Å². The molecule has 0 saturated carbocycles. The number of methoxy groups -OCH3 is 2. The van der Waals surface area contributed by atoms with Crippen molar-refractivity contribution in [3.63, 3.8) is 0 Å². The van der Waals surface area contributed by atoms with E-state index in [0.717, 1.165) is 9.88 Å². The lowest BCUT2D eigenvalue weighted by Gasteiger charge is -2.35. The second-order valence-electron chi connectivity index (χ2n) is 9.49. The maximum absolute atomic E-state index is 14.7. The van der Waals surface area contributed by atoms with E-state index in [1.807, 2.05) is 13.8 Å². The molecule has 1 aliphatic heterocycles. The summed E-state index contributed by atoms with van der Waals surface area (Å²) in [6.07, 6.45) is 5.13. The standard InChI is InChI=1S/C30H35ClN2O6S/c1-8-11-22(31)14-16-24-21(5)33(40(36,37)28-17-15-23(38-6)18-26(28)34)29(35)30(24,32-20(4)19(2)3)25-12-9-10-13-27(25)39-7/h8-13,15-18,20-21,32,34H,1-2,14H2,3-7H3/b22-11+,24-16+. The van der Waals surface area contributed by atoms with Gasteiger partial charge in [0.1, 0.15) is 22.1 Å². The Hall–Kier alpha value is -3.53. The number of benzene rings is 2. The number of allylic oxidation sites excluding steroid dienone is 4. The van der Waals surface area contributed by atoms with Crippen molar-refractivity contribution < 1.29 is 27.8 Å². The number of nitrogens with zero attached hydrogens (tertiary/aromatic N) is 1. The van der Waals surface area contributed by atoms with Crippen LogP contribution >= 0.6 is 11.6 Å². The summed E-state index contributed by atoms with van der Waals surface area (Å²) in [5.74, 6) is -0.653. The number of rotatable bonds is 11. The summed E-state index contributed by atoms with van der Waals surface area (Å²) in [6, 6.07) is 9.35. The van der Waals surface area contributed by atoms with Crippen LogP contribution in [-0.4, -0.2) is 50.0 Å². The van der Waals surface area contributed by atoms with Crippen LogP contribution in [0, 0.1) is 0 Å². The first-order valence-electron chi connectivity index (χ1n) is 12.6. The van der Waals surface area contributed by atoms with Crippen LogP contribution in [0.4, 0.5) is 0 Å². The monoisotopic (exact) mass is 586 g/mol. The summed E-state index contributed by atoms with van der Waals surface area (Å²) in [7, 11) is -1.68. The molecule has 2 N–H and O–H groups in total. The van der Waals surface area contributed by atoms with E-state index in [2.05, 4.69) is 18.5 Å². The zero-order valence-electron chi connectivity index (χ0n) is 23.3. The quantitative estimate of drug-likeness (QED) is 0.268. The highest BCUT2D eigenvalue weighted by atomic mass is 35.5. The summed E-state index contributed by atoms with van der Waals surface area (Å²) < 4.78 is 39.8. The van der Waals surface area contributed by atoms with Crippen LogP contribution in [0.1, 0.15) is 32.8 Å². The highest BCUT2D eigenvalue weighted by Crippen LogP contribution is 2.48. The molecule has 3 unspecified atom stereocenters. The fourth-order valence-electron chi connectivity index (χ4n) is 4.79. The van der Waals surface area contributed by atoms with Gasteiger partial charge in [0.05, 0.1) is 20.3 Å². The minimum Gasteiger partial charge on any atom is -0.506 e. The third-order valence-electron chi connectivity index (χ3n) is 6.96. The lowest BCUT2D eigenvalue weighted by atomic mass is 9.80. The number of aromatic hydroxyl groups is 1. The normalized spacial score (nSPS) is 21.4. The molecule has 0 spiro atoms. The molecule has 40 heavy (non-hydrogen) atoms. The topological polar surface area (TPSA) is 105 Å². The molecule has 1 saturated heterocycles. The number of phenols is 1. The highest BCUT2D eigenvalue weighted by molar-refractivity contribution is 7.89. The van der Waals surface area contributed by atoms with Crippen LogP contribution in [0.2, 0.25) is 0 Å². The first-order chi connectivity index (χ1) is 18.9. The largest absolute Gasteiger partial charge is 0.506 e. The third kappa shape index (κ3) is 5.54. The minimum atomic E-state index is -4.56. The molecular formula is C30H35ClN2O6S. The number of ether oxygens (including phenoxy) is 2. The van der Waals surface area contributed by atoms with Gasteiger partial charge in [0.15, 0.2) is 5.54 Å². The van der Waals surface area contributed by atoms with E-state index in [1.165, 1.54) is 32.4 Å². The van der Waals surface area contributed by atoms with Gasteiger partial charge in [0.2, 0.25) is 0 Å². The molecule has 1 aliphatic rings. The van der Waals surface area contributed by atoms with E-state index in [-0.39, 0.29) is 12.2 Å². The number of amides is 1. The zero-order chi connectivity index (χ0) is 29.8. The Bertz CT molecular complexity index is 1480. The number of sulfonamides is 1. The third-order valence-corrected chi connectivity index (χ3v) is 9.14. The fraction of sp³-hybridized carbons (Fsp3) is 0.300. The summed E-state index contributed by atoms with van der Waals surface area (Å²) in [4.78, 5) is 14.3. The molecule has 0 bridgehead atoms. The zero-order valence-corrected chi connectivity index (χ0v) is 24.8. The van der Waals surface area contributed by atoms with Gasteiger partial charge in [-0.05, 0) is 50.6 Å². The number of para-hydroxylation sites is 1. The van der Waals surface area contributed by atoms with E-state index in [9.17, 15) is 18.3 Å². The molecule has 1 heterocycles. The molecule has 0 aromatic heterocycles. The van der Waals surface area contributed by atoms with Crippen molar-refractivity contribution in [3.8, 4) is 17.2 Å². The summed E-state index contributed by atoms with van der Waals surface area (Å²) in [5.41, 5.74) is -0.0746. The first kappa shape index (κ1) is 31.0. The van der Waals surface area contributed by atoms with Gasteiger partial charge in [-0.2, -0.15) is 0 Å². The number of nitrogens with one attached hydrogen (secondary N) is 1. The Labute approximate surface area is 241 Å². The number of halogens is 1. The molecule has 10 heteroatoms. The summed E-state index contributed by atoms with van der Waals surface area (Å²) in [5, 5.41) is 14.5. The number of carbonyl (C=O) groups is 1. The Morgan fingerprint density at radius 1 is 1.25 bits per heavy atom. The number of hydrogen-bond donors (Lipinski definition) is 2. The molecule has 3 atom stereocenters. The van der Waals surface area contributed by atoms with E-state index in [4.69, 9.17) is 21.1 Å². The van der Waals surface area contributed by atoms with Gasteiger partial charge in [0, 0.05) is 29.1 Å². The van der Waals surface area contributed by atoms with Crippen LogP contribution in [0.15, 0.2) is 94.9 Å². The van der Waals surface area contributed by atoms with Crippen molar-refractivity contribution in [3.05, 3.63) is 95.6 Å². The number of hydrogen-bond acceptors (Lipinski definition) is 7. The maximum Gasteiger partial charge on any atom is 0.270 e. The van der Waals surface area contributed by atoms with E-state index in [1.54, 1.807) is 49.4 Å². The summed E-state index contributed by atoms with van der Waals surface area (Å²) >= 11 is 6.39. The van der Waals surface area contributed by atoms with Gasteiger partial charge in [0.25, 0.3) is 15.9 Å². The van der Waals surface area contributed by atoms with Gasteiger partial charge in [-0.15, -0.1) is 0 Å². The smallest absolute Gasteiger partial charge is 0.270 e. The lowest BCUT2D eigenvalue weighted by Crippen LogP contribution is -2.54. The van der Waals surface area contributed by atoms with Gasteiger partial charge in [-0.25, -0.2) is 12.7 Å². The van der Waals surface area contributed by atoms with Gasteiger partial charge in [-0.1, -0.05) is 60.7 Å². The molecule has 2 aromatic rings. The molecule has 2 aromatic carbocycles. The lowest BCUT2D eigenvalue weighted by molar-refractivity contribution is -0.129. The predicted molar refractivity (Wildman–Crippen MR) is 157 cm³/mol. The molecule has 8 nitrogen and oxygen atoms in total.